The Morgan fingerprint density at radius 1 is 1.43 bits per heavy atom. The van der Waals surface area contributed by atoms with Crippen LogP contribution in [0.5, 0.6) is 0 Å². The van der Waals surface area contributed by atoms with Crippen LogP contribution in [0.25, 0.3) is 5.76 Å². The summed E-state index contributed by atoms with van der Waals surface area (Å²) < 4.78 is 5.75. The number of nitrogens with zero attached hydrogens (tertiary/aromatic N) is 1. The Bertz CT molecular complexity index is 765. The lowest BCUT2D eigenvalue weighted by atomic mass is 10.1. The summed E-state index contributed by atoms with van der Waals surface area (Å²) in [5, 5.41) is 11.2. The molecule has 1 fully saturated rings. The number of amides is 3. The Balaban J connectivity index is 1.76. The smallest absolute Gasteiger partial charge is 0.335 e. The highest BCUT2D eigenvalue weighted by molar-refractivity contribution is 6.11. The first kappa shape index (κ1) is 14.8. The molecule has 0 aromatic heterocycles. The first-order chi connectivity index (χ1) is 11.0. The third kappa shape index (κ3) is 2.80. The fourth-order valence-corrected chi connectivity index (χ4v) is 2.45. The summed E-state index contributed by atoms with van der Waals surface area (Å²) in [6.07, 6.45) is 3.57. The van der Waals surface area contributed by atoms with Gasteiger partial charge in [-0.05, 0) is 24.3 Å². The predicted molar refractivity (Wildman–Crippen MR) is 80.3 cm³/mol. The van der Waals surface area contributed by atoms with Crippen molar-refractivity contribution in [3.05, 3.63) is 53.2 Å². The molecule has 1 saturated heterocycles. The number of urea groups is 1. The summed E-state index contributed by atoms with van der Waals surface area (Å²) in [6, 6.07) is 5.96. The minimum absolute atomic E-state index is 0.175. The Hall–Kier alpha value is -3.09. The fourth-order valence-electron chi connectivity index (χ4n) is 2.45. The van der Waals surface area contributed by atoms with E-state index in [1.807, 2.05) is 6.08 Å². The van der Waals surface area contributed by atoms with Gasteiger partial charge in [-0.15, -0.1) is 0 Å². The van der Waals surface area contributed by atoms with Crippen LogP contribution in [0.3, 0.4) is 0 Å². The highest BCUT2D eigenvalue weighted by Crippen LogP contribution is 2.28. The van der Waals surface area contributed by atoms with Crippen molar-refractivity contribution in [2.45, 2.75) is 12.5 Å². The quantitative estimate of drug-likeness (QED) is 0.652. The molecule has 0 bridgehead atoms. The zero-order valence-corrected chi connectivity index (χ0v) is 12.3. The molecule has 2 heterocycles. The molecule has 0 aliphatic carbocycles. The molecule has 1 atom stereocenters. The number of aromatic carboxylic acids is 1. The van der Waals surface area contributed by atoms with Gasteiger partial charge in [-0.3, -0.25) is 15.0 Å². The molecule has 2 aliphatic heterocycles. The van der Waals surface area contributed by atoms with E-state index in [0.717, 1.165) is 0 Å². The summed E-state index contributed by atoms with van der Waals surface area (Å²) in [5.74, 6) is -0.906. The molecule has 0 saturated carbocycles. The highest BCUT2D eigenvalue weighted by Gasteiger charge is 2.31. The van der Waals surface area contributed by atoms with Crippen LogP contribution in [0.2, 0.25) is 0 Å². The van der Waals surface area contributed by atoms with Crippen LogP contribution < -0.4 is 5.32 Å². The first-order valence-corrected chi connectivity index (χ1v) is 6.97. The summed E-state index contributed by atoms with van der Waals surface area (Å²) in [6.45, 7) is 0. The number of benzene rings is 1. The van der Waals surface area contributed by atoms with E-state index in [-0.39, 0.29) is 17.4 Å². The van der Waals surface area contributed by atoms with Crippen molar-refractivity contribution in [2.24, 2.45) is 0 Å². The van der Waals surface area contributed by atoms with Gasteiger partial charge in [0.25, 0.3) is 5.91 Å². The fraction of sp³-hybridized carbons (Fsp3) is 0.188. The number of likely N-dealkylation sites (N-methyl/N-ethyl adjacent to an activating group) is 1. The van der Waals surface area contributed by atoms with E-state index >= 15 is 0 Å². The third-order valence-electron chi connectivity index (χ3n) is 3.67. The molecule has 23 heavy (non-hydrogen) atoms. The monoisotopic (exact) mass is 314 g/mol. The average Bonchev–Trinajstić information content (AvgIpc) is 3.08. The number of nitrogens with one attached hydrogen (secondary N) is 1. The second-order valence-electron chi connectivity index (χ2n) is 5.22. The molecule has 2 aliphatic rings. The van der Waals surface area contributed by atoms with Crippen molar-refractivity contribution < 1.29 is 24.2 Å². The van der Waals surface area contributed by atoms with Crippen molar-refractivity contribution in [2.75, 3.05) is 7.05 Å². The van der Waals surface area contributed by atoms with Crippen LogP contribution in [0.15, 0.2) is 42.1 Å². The van der Waals surface area contributed by atoms with Crippen molar-refractivity contribution in [1.82, 2.24) is 10.2 Å². The lowest BCUT2D eigenvalue weighted by molar-refractivity contribution is -0.116. The average molecular weight is 314 g/mol. The van der Waals surface area contributed by atoms with Crippen molar-refractivity contribution in [3.63, 3.8) is 0 Å². The Morgan fingerprint density at radius 3 is 2.87 bits per heavy atom. The van der Waals surface area contributed by atoms with E-state index in [1.54, 1.807) is 18.2 Å². The molecule has 0 spiro atoms. The van der Waals surface area contributed by atoms with Crippen molar-refractivity contribution in [3.8, 4) is 0 Å². The molecular weight excluding hydrogens is 300 g/mol. The molecule has 1 aromatic carbocycles. The minimum atomic E-state index is -1.01. The molecule has 1 unspecified atom stereocenters. The number of hydrogen-bond donors (Lipinski definition) is 2. The second-order valence-corrected chi connectivity index (χ2v) is 5.22. The largest absolute Gasteiger partial charge is 0.486 e. The maximum Gasteiger partial charge on any atom is 0.335 e. The van der Waals surface area contributed by atoms with Gasteiger partial charge in [0.15, 0.2) is 0 Å². The number of carbonyl (C=O) groups excluding carboxylic acids is 2. The summed E-state index contributed by atoms with van der Waals surface area (Å²) in [4.78, 5) is 35.3. The molecule has 3 amide bonds. The van der Waals surface area contributed by atoms with Gasteiger partial charge in [0.05, 0.1) is 5.56 Å². The van der Waals surface area contributed by atoms with Gasteiger partial charge in [-0.2, -0.15) is 0 Å². The lowest BCUT2D eigenvalue weighted by Crippen LogP contribution is -2.24. The van der Waals surface area contributed by atoms with Crippen molar-refractivity contribution >= 4 is 23.7 Å². The maximum atomic E-state index is 11.7. The first-order valence-electron chi connectivity index (χ1n) is 6.97. The summed E-state index contributed by atoms with van der Waals surface area (Å²) >= 11 is 0. The number of carboxylic acid groups (broad SMARTS) is 1. The van der Waals surface area contributed by atoms with Gasteiger partial charge in [0.1, 0.15) is 17.6 Å². The van der Waals surface area contributed by atoms with E-state index < -0.39 is 17.9 Å². The number of ether oxygens (including phenoxy) is 1. The second kappa shape index (κ2) is 5.60. The molecule has 0 radical (unpaired) electrons. The van der Waals surface area contributed by atoms with Crippen LogP contribution in [0.4, 0.5) is 4.79 Å². The van der Waals surface area contributed by atoms with E-state index in [4.69, 9.17) is 9.84 Å². The number of rotatable bonds is 3. The van der Waals surface area contributed by atoms with E-state index in [2.05, 4.69) is 5.32 Å². The van der Waals surface area contributed by atoms with Gasteiger partial charge in [-0.1, -0.05) is 12.1 Å². The molecular formula is C16H14N2O5. The number of hydrogen-bond acceptors (Lipinski definition) is 4. The molecule has 1 aromatic rings. The predicted octanol–water partition coefficient (Wildman–Crippen LogP) is 1.58. The normalized spacial score (nSPS) is 22.1. The third-order valence-corrected chi connectivity index (χ3v) is 3.67. The molecule has 7 nitrogen and oxygen atoms in total. The van der Waals surface area contributed by atoms with E-state index in [0.29, 0.717) is 17.7 Å². The van der Waals surface area contributed by atoms with Crippen LogP contribution in [0, 0.1) is 0 Å². The maximum absolute atomic E-state index is 11.7. The summed E-state index contributed by atoms with van der Waals surface area (Å²) in [5.41, 5.74) is 1.08. The highest BCUT2D eigenvalue weighted by atomic mass is 16.5. The summed E-state index contributed by atoms with van der Waals surface area (Å²) in [7, 11) is 1.51. The molecule has 2 N–H and O–H groups in total. The minimum Gasteiger partial charge on any atom is -0.486 e. The zero-order chi connectivity index (χ0) is 16.6. The van der Waals surface area contributed by atoms with E-state index in [9.17, 15) is 14.4 Å². The standard InChI is InChI=1S/C16H14N2O5/c1-18-12(14(19)17-16(18)22)8-11-5-6-13(23-11)9-3-2-4-10(7-9)15(20)21/h2-4,6-8,11H,5H2,1H3,(H,20,21)(H,17,19,22)/b12-8-. The molecule has 118 valence electrons. The Morgan fingerprint density at radius 2 is 2.22 bits per heavy atom. The van der Waals surface area contributed by atoms with Crippen molar-refractivity contribution in [1.29, 1.82) is 0 Å². The number of carbonyl (C=O) groups is 3. The topological polar surface area (TPSA) is 95.9 Å². The van der Waals surface area contributed by atoms with Gasteiger partial charge in [0, 0.05) is 19.0 Å². The van der Waals surface area contributed by atoms with Gasteiger partial charge < -0.3 is 9.84 Å². The molecule has 7 heteroatoms. The van der Waals surface area contributed by atoms with Crippen LogP contribution >= 0.6 is 0 Å². The lowest BCUT2D eigenvalue weighted by Gasteiger charge is -2.13. The van der Waals surface area contributed by atoms with Crippen LogP contribution in [0.1, 0.15) is 22.3 Å². The number of imide groups is 1. The van der Waals surface area contributed by atoms with Crippen LogP contribution in [-0.4, -0.2) is 41.1 Å². The van der Waals surface area contributed by atoms with Gasteiger partial charge >= 0.3 is 12.0 Å². The van der Waals surface area contributed by atoms with E-state index in [1.165, 1.54) is 24.1 Å². The van der Waals surface area contributed by atoms with Gasteiger partial charge in [0.2, 0.25) is 0 Å². The van der Waals surface area contributed by atoms with Gasteiger partial charge in [-0.25, -0.2) is 9.59 Å². The Labute approximate surface area is 131 Å². The van der Waals surface area contributed by atoms with Crippen LogP contribution in [-0.2, 0) is 9.53 Å². The zero-order valence-electron chi connectivity index (χ0n) is 12.3. The Kier molecular flexibility index (Phi) is 3.61. The number of carboxylic acids is 1. The SMILES string of the molecule is CN1C(=O)NC(=O)/C1=C/C1CC=C(c2cccc(C(=O)O)c2)O1. The molecule has 3 rings (SSSR count).